The highest BCUT2D eigenvalue weighted by Crippen LogP contribution is 2.34. The highest BCUT2D eigenvalue weighted by molar-refractivity contribution is 6.36. The number of ether oxygens (including phenoxy) is 2. The first-order valence-corrected chi connectivity index (χ1v) is 6.78. The molecule has 0 radical (unpaired) electrons. The van der Waals surface area contributed by atoms with Gasteiger partial charge in [0.25, 0.3) is 0 Å². The molecule has 0 saturated carbocycles. The molecule has 94 valence electrons. The zero-order valence-corrected chi connectivity index (χ0v) is 11.5. The van der Waals surface area contributed by atoms with Gasteiger partial charge in [0.1, 0.15) is 11.9 Å². The lowest BCUT2D eigenvalue weighted by Gasteiger charge is -2.25. The van der Waals surface area contributed by atoms with Gasteiger partial charge >= 0.3 is 0 Å². The third-order valence-corrected chi connectivity index (χ3v) is 3.42. The number of hydrogen-bond donors (Lipinski definition) is 0. The molecule has 1 saturated heterocycles. The quantitative estimate of drug-likeness (QED) is 0.775. The summed E-state index contributed by atoms with van der Waals surface area (Å²) in [5.41, 5.74) is 0.815. The zero-order valence-electron chi connectivity index (χ0n) is 9.22. The summed E-state index contributed by atoms with van der Waals surface area (Å²) < 4.78 is 11.2. The molecule has 0 amide bonds. The van der Waals surface area contributed by atoms with Crippen LogP contribution >= 0.6 is 34.8 Å². The lowest BCUT2D eigenvalue weighted by atomic mass is 10.1. The molecule has 1 aliphatic rings. The van der Waals surface area contributed by atoms with Crippen molar-refractivity contribution in [1.82, 2.24) is 0 Å². The molecule has 1 aliphatic heterocycles. The van der Waals surface area contributed by atoms with Gasteiger partial charge in [-0.2, -0.15) is 0 Å². The fourth-order valence-corrected chi connectivity index (χ4v) is 2.59. The predicted molar refractivity (Wildman–Crippen MR) is 70.5 cm³/mol. The van der Waals surface area contributed by atoms with Crippen LogP contribution in [0.3, 0.4) is 0 Å². The predicted octanol–water partition coefficient (Wildman–Crippen LogP) is 4.29. The summed E-state index contributed by atoms with van der Waals surface area (Å²) in [6.45, 7) is 1.40. The van der Waals surface area contributed by atoms with Crippen LogP contribution in [0.25, 0.3) is 0 Å². The molecule has 2 nitrogen and oxygen atoms in total. The molecular formula is C12H13Cl3O2. The van der Waals surface area contributed by atoms with Crippen LogP contribution in [0, 0.1) is 0 Å². The third kappa shape index (κ3) is 3.41. The number of rotatable bonds is 3. The van der Waals surface area contributed by atoms with E-state index in [9.17, 15) is 0 Å². The Morgan fingerprint density at radius 3 is 2.82 bits per heavy atom. The molecule has 1 fully saturated rings. The smallest absolute Gasteiger partial charge is 0.142 e. The van der Waals surface area contributed by atoms with Gasteiger partial charge in [-0.25, -0.2) is 0 Å². The van der Waals surface area contributed by atoms with Crippen LogP contribution in [0.2, 0.25) is 10.0 Å². The number of benzene rings is 1. The number of alkyl halides is 1. The van der Waals surface area contributed by atoms with Crippen LogP contribution in [0.5, 0.6) is 5.75 Å². The molecule has 1 atom stereocenters. The third-order valence-electron chi connectivity index (χ3n) is 2.63. The zero-order chi connectivity index (χ0) is 12.3. The van der Waals surface area contributed by atoms with E-state index >= 15 is 0 Å². The molecule has 0 aromatic heterocycles. The molecule has 1 aromatic rings. The Labute approximate surface area is 116 Å². The maximum atomic E-state index is 6.12. The second-order valence-electron chi connectivity index (χ2n) is 3.97. The van der Waals surface area contributed by atoms with Crippen LogP contribution in [0.4, 0.5) is 0 Å². The minimum absolute atomic E-state index is 0.0457. The van der Waals surface area contributed by atoms with Crippen molar-refractivity contribution >= 4 is 34.8 Å². The molecule has 1 heterocycles. The Hall–Kier alpha value is -0.150. The second-order valence-corrected chi connectivity index (χ2v) is 5.08. The van der Waals surface area contributed by atoms with E-state index in [2.05, 4.69) is 0 Å². The van der Waals surface area contributed by atoms with E-state index in [1.807, 2.05) is 0 Å². The normalized spacial score (nSPS) is 20.3. The molecule has 0 aliphatic carbocycles. The highest BCUT2D eigenvalue weighted by atomic mass is 35.5. The molecule has 5 heteroatoms. The molecule has 0 bridgehead atoms. The lowest BCUT2D eigenvalue weighted by Crippen LogP contribution is -2.28. The Bertz CT molecular complexity index is 390. The summed E-state index contributed by atoms with van der Waals surface area (Å²) >= 11 is 17.9. The summed E-state index contributed by atoms with van der Waals surface area (Å²) in [6.07, 6.45) is 2.02. The van der Waals surface area contributed by atoms with Crippen LogP contribution in [0.15, 0.2) is 12.1 Å². The van der Waals surface area contributed by atoms with Crippen molar-refractivity contribution < 1.29 is 9.47 Å². The molecule has 1 aromatic carbocycles. The van der Waals surface area contributed by atoms with E-state index in [-0.39, 0.29) is 6.10 Å². The first kappa shape index (κ1) is 13.3. The van der Waals surface area contributed by atoms with Crippen molar-refractivity contribution in [1.29, 1.82) is 0 Å². The van der Waals surface area contributed by atoms with Crippen molar-refractivity contribution in [2.75, 3.05) is 13.2 Å². The first-order valence-electron chi connectivity index (χ1n) is 5.49. The average molecular weight is 296 g/mol. The molecule has 17 heavy (non-hydrogen) atoms. The second kappa shape index (κ2) is 6.14. The minimum Gasteiger partial charge on any atom is -0.486 e. The summed E-state index contributed by atoms with van der Waals surface area (Å²) in [7, 11) is 0. The van der Waals surface area contributed by atoms with Crippen LogP contribution in [-0.2, 0) is 10.6 Å². The molecule has 2 rings (SSSR count). The van der Waals surface area contributed by atoms with E-state index in [1.165, 1.54) is 0 Å². The van der Waals surface area contributed by atoms with Gasteiger partial charge in [-0.15, -0.1) is 11.6 Å². The Morgan fingerprint density at radius 2 is 2.18 bits per heavy atom. The molecule has 1 unspecified atom stereocenters. The topological polar surface area (TPSA) is 18.5 Å². The van der Waals surface area contributed by atoms with Crippen LogP contribution in [0.1, 0.15) is 18.4 Å². The van der Waals surface area contributed by atoms with Gasteiger partial charge in [0.15, 0.2) is 0 Å². The fraction of sp³-hybridized carbons (Fsp3) is 0.500. The van der Waals surface area contributed by atoms with Crippen LogP contribution < -0.4 is 4.74 Å². The molecular weight excluding hydrogens is 282 g/mol. The van der Waals surface area contributed by atoms with Crippen molar-refractivity contribution in [3.05, 3.63) is 27.7 Å². The Kier molecular flexibility index (Phi) is 4.80. The monoisotopic (exact) mass is 294 g/mol. The average Bonchev–Trinajstić information content (AvgIpc) is 2.33. The fourth-order valence-electron chi connectivity index (χ4n) is 1.82. The highest BCUT2D eigenvalue weighted by Gasteiger charge is 2.19. The SMILES string of the molecule is ClCc1cc(Cl)cc(Cl)c1OC1CCCOC1. The summed E-state index contributed by atoms with van der Waals surface area (Å²) in [6, 6.07) is 3.44. The van der Waals surface area contributed by atoms with Crippen molar-refractivity contribution in [3.63, 3.8) is 0 Å². The van der Waals surface area contributed by atoms with Crippen molar-refractivity contribution in [3.8, 4) is 5.75 Å². The van der Waals surface area contributed by atoms with E-state index in [1.54, 1.807) is 12.1 Å². The summed E-state index contributed by atoms with van der Waals surface area (Å²) in [5.74, 6) is 0.949. The number of hydrogen-bond acceptors (Lipinski definition) is 2. The summed E-state index contributed by atoms with van der Waals surface area (Å²) in [4.78, 5) is 0. The standard InChI is InChI=1S/C12H13Cl3O2/c13-6-8-4-9(14)5-11(15)12(8)17-10-2-1-3-16-7-10/h4-5,10H,1-3,6-7H2. The Balaban J connectivity index is 2.18. The maximum Gasteiger partial charge on any atom is 0.142 e. The van der Waals surface area contributed by atoms with Gasteiger partial charge in [0, 0.05) is 17.2 Å². The minimum atomic E-state index is 0.0457. The van der Waals surface area contributed by atoms with Gasteiger partial charge in [-0.3, -0.25) is 0 Å². The van der Waals surface area contributed by atoms with Crippen molar-refractivity contribution in [2.45, 2.75) is 24.8 Å². The van der Waals surface area contributed by atoms with Gasteiger partial charge in [0.2, 0.25) is 0 Å². The largest absolute Gasteiger partial charge is 0.486 e. The molecule has 0 N–H and O–H groups in total. The number of halogens is 3. The van der Waals surface area contributed by atoms with Gasteiger partial charge in [0.05, 0.1) is 17.5 Å². The lowest BCUT2D eigenvalue weighted by molar-refractivity contribution is 0.00717. The molecule has 0 spiro atoms. The summed E-state index contributed by atoms with van der Waals surface area (Å²) in [5, 5.41) is 1.07. The van der Waals surface area contributed by atoms with E-state index in [0.717, 1.165) is 25.0 Å². The van der Waals surface area contributed by atoms with E-state index in [0.29, 0.717) is 28.3 Å². The van der Waals surface area contributed by atoms with Gasteiger partial charge in [-0.05, 0) is 25.0 Å². The Morgan fingerprint density at radius 1 is 1.35 bits per heavy atom. The van der Waals surface area contributed by atoms with Gasteiger partial charge < -0.3 is 9.47 Å². The van der Waals surface area contributed by atoms with E-state index < -0.39 is 0 Å². The van der Waals surface area contributed by atoms with Crippen LogP contribution in [-0.4, -0.2) is 19.3 Å². The maximum absolute atomic E-state index is 6.12. The van der Waals surface area contributed by atoms with Gasteiger partial charge in [-0.1, -0.05) is 23.2 Å². The first-order chi connectivity index (χ1) is 8.20. The van der Waals surface area contributed by atoms with Crippen molar-refractivity contribution in [2.24, 2.45) is 0 Å². The van der Waals surface area contributed by atoms with E-state index in [4.69, 9.17) is 44.3 Å².